The van der Waals surface area contributed by atoms with Crippen molar-refractivity contribution < 1.29 is 4.74 Å². The van der Waals surface area contributed by atoms with Crippen molar-refractivity contribution in [1.29, 1.82) is 5.26 Å². The van der Waals surface area contributed by atoms with Crippen LogP contribution >= 0.6 is 0 Å². The van der Waals surface area contributed by atoms with E-state index in [1.807, 2.05) is 26.0 Å². The maximum atomic E-state index is 8.95. The Hall–Kier alpha value is -3.92. The van der Waals surface area contributed by atoms with Gasteiger partial charge in [-0.3, -0.25) is 0 Å². The van der Waals surface area contributed by atoms with Crippen molar-refractivity contribution in [3.05, 3.63) is 71.0 Å². The topological polar surface area (TPSA) is 88.1 Å². The molecular formula is C21H18N6O. The van der Waals surface area contributed by atoms with Gasteiger partial charge < -0.3 is 10.1 Å². The van der Waals surface area contributed by atoms with Crippen molar-refractivity contribution in [3.63, 3.8) is 0 Å². The van der Waals surface area contributed by atoms with Gasteiger partial charge in [0, 0.05) is 11.8 Å². The Balaban J connectivity index is 1.72. The van der Waals surface area contributed by atoms with Gasteiger partial charge in [0.25, 0.3) is 5.78 Å². The van der Waals surface area contributed by atoms with Crippen LogP contribution in [0.2, 0.25) is 0 Å². The van der Waals surface area contributed by atoms with Crippen molar-refractivity contribution in [2.75, 3.05) is 5.32 Å². The van der Waals surface area contributed by atoms with E-state index in [-0.39, 0.29) is 0 Å². The van der Waals surface area contributed by atoms with Gasteiger partial charge in [0.05, 0.1) is 11.6 Å². The van der Waals surface area contributed by atoms with Gasteiger partial charge in [-0.15, -0.1) is 0 Å². The SMILES string of the molecule is Cc1cc(C)c(Oc2cc(Nc3ccc(C#N)cc3)n3ncnc3n2)c(C)c1. The number of hydrogen-bond donors (Lipinski definition) is 1. The number of benzene rings is 2. The molecule has 0 saturated heterocycles. The van der Waals surface area contributed by atoms with Crippen molar-refractivity contribution in [3.8, 4) is 17.7 Å². The maximum Gasteiger partial charge on any atom is 0.257 e. The van der Waals surface area contributed by atoms with Crippen LogP contribution in [0.5, 0.6) is 11.6 Å². The van der Waals surface area contributed by atoms with E-state index >= 15 is 0 Å². The standard InChI is InChI=1S/C21H18N6O/c1-13-8-14(2)20(15(3)9-13)28-19-10-18(27-21(26-19)23-12-24-27)25-17-6-4-16(11-22)5-7-17/h4-10,12,25H,1-3H3. The molecule has 7 heteroatoms. The summed E-state index contributed by atoms with van der Waals surface area (Å²) in [5, 5.41) is 16.4. The van der Waals surface area contributed by atoms with Crippen LogP contribution < -0.4 is 10.1 Å². The number of nitrogens with one attached hydrogen (secondary N) is 1. The minimum atomic E-state index is 0.423. The monoisotopic (exact) mass is 370 g/mol. The zero-order valence-corrected chi connectivity index (χ0v) is 15.8. The molecular weight excluding hydrogens is 352 g/mol. The van der Waals surface area contributed by atoms with Gasteiger partial charge in [-0.25, -0.2) is 0 Å². The van der Waals surface area contributed by atoms with Gasteiger partial charge in [-0.2, -0.15) is 24.8 Å². The Labute approximate surface area is 162 Å². The highest BCUT2D eigenvalue weighted by atomic mass is 16.5. The fraction of sp³-hybridized carbons (Fsp3) is 0.143. The van der Waals surface area contributed by atoms with Crippen LogP contribution in [-0.4, -0.2) is 19.6 Å². The first kappa shape index (κ1) is 17.5. The lowest BCUT2D eigenvalue weighted by molar-refractivity contribution is 0.456. The summed E-state index contributed by atoms with van der Waals surface area (Å²) in [5.74, 6) is 2.29. The third-order valence-corrected chi connectivity index (χ3v) is 4.33. The van der Waals surface area contributed by atoms with Crippen molar-refractivity contribution in [2.24, 2.45) is 0 Å². The molecule has 0 radical (unpaired) electrons. The zero-order chi connectivity index (χ0) is 19.7. The van der Waals surface area contributed by atoms with E-state index in [1.165, 1.54) is 11.9 Å². The molecule has 4 aromatic rings. The Morgan fingerprint density at radius 2 is 1.75 bits per heavy atom. The van der Waals surface area contributed by atoms with Crippen molar-refractivity contribution in [2.45, 2.75) is 20.8 Å². The molecule has 0 atom stereocenters. The first-order valence-electron chi connectivity index (χ1n) is 8.77. The molecule has 2 heterocycles. The van der Waals surface area contributed by atoms with E-state index in [2.05, 4.69) is 45.5 Å². The van der Waals surface area contributed by atoms with Crippen LogP contribution in [0.15, 0.2) is 48.8 Å². The Kier molecular flexibility index (Phi) is 4.38. The van der Waals surface area contributed by atoms with Gasteiger partial charge in [0.15, 0.2) is 0 Å². The van der Waals surface area contributed by atoms with Gasteiger partial charge >= 0.3 is 0 Å². The molecule has 1 N–H and O–H groups in total. The molecule has 7 nitrogen and oxygen atoms in total. The van der Waals surface area contributed by atoms with Crippen LogP contribution in [0.1, 0.15) is 22.3 Å². The normalized spacial score (nSPS) is 10.6. The largest absolute Gasteiger partial charge is 0.438 e. The Morgan fingerprint density at radius 3 is 2.43 bits per heavy atom. The molecule has 138 valence electrons. The highest BCUT2D eigenvalue weighted by molar-refractivity contribution is 5.60. The van der Waals surface area contributed by atoms with Crippen molar-refractivity contribution >= 4 is 17.3 Å². The number of ether oxygens (including phenoxy) is 1. The maximum absolute atomic E-state index is 8.95. The van der Waals surface area contributed by atoms with Crippen LogP contribution in [0.3, 0.4) is 0 Å². The first-order chi connectivity index (χ1) is 13.5. The van der Waals surface area contributed by atoms with Gasteiger partial charge in [-0.05, 0) is 56.2 Å². The number of hydrogen-bond acceptors (Lipinski definition) is 6. The quantitative estimate of drug-likeness (QED) is 0.571. The number of anilines is 2. The second-order valence-corrected chi connectivity index (χ2v) is 6.60. The second-order valence-electron chi connectivity index (χ2n) is 6.60. The highest BCUT2D eigenvalue weighted by Crippen LogP contribution is 2.30. The summed E-state index contributed by atoms with van der Waals surface area (Å²) in [5.41, 5.74) is 4.69. The number of rotatable bonds is 4. The molecule has 0 saturated carbocycles. The zero-order valence-electron chi connectivity index (χ0n) is 15.8. The summed E-state index contributed by atoms with van der Waals surface area (Å²) in [6.45, 7) is 6.09. The van der Waals surface area contributed by atoms with Crippen LogP contribution in [0.4, 0.5) is 11.5 Å². The van der Waals surface area contributed by atoms with E-state index in [1.54, 1.807) is 22.7 Å². The molecule has 0 amide bonds. The van der Waals surface area contributed by atoms with E-state index in [4.69, 9.17) is 10.00 Å². The smallest absolute Gasteiger partial charge is 0.257 e. The number of nitriles is 1. The van der Waals surface area contributed by atoms with Crippen molar-refractivity contribution in [1.82, 2.24) is 19.6 Å². The molecule has 0 aliphatic carbocycles. The lowest BCUT2D eigenvalue weighted by Gasteiger charge is -2.14. The first-order valence-corrected chi connectivity index (χ1v) is 8.77. The van der Waals surface area contributed by atoms with E-state index in [0.29, 0.717) is 23.0 Å². The van der Waals surface area contributed by atoms with Gasteiger partial charge in [0.2, 0.25) is 5.88 Å². The molecule has 0 fully saturated rings. The summed E-state index contributed by atoms with van der Waals surface area (Å²) in [6, 6.07) is 15.2. The minimum absolute atomic E-state index is 0.423. The molecule has 0 aliphatic rings. The summed E-state index contributed by atoms with van der Waals surface area (Å²) >= 11 is 0. The summed E-state index contributed by atoms with van der Waals surface area (Å²) in [7, 11) is 0. The Morgan fingerprint density at radius 1 is 1.04 bits per heavy atom. The lowest BCUT2D eigenvalue weighted by atomic mass is 10.1. The fourth-order valence-corrected chi connectivity index (χ4v) is 3.14. The molecule has 2 aromatic carbocycles. The molecule has 0 bridgehead atoms. The molecule has 2 aromatic heterocycles. The molecule has 0 unspecified atom stereocenters. The number of fused-ring (bicyclic) bond motifs is 1. The summed E-state index contributed by atoms with van der Waals surface area (Å²) < 4.78 is 7.71. The van der Waals surface area contributed by atoms with E-state index in [0.717, 1.165) is 22.6 Å². The van der Waals surface area contributed by atoms with E-state index < -0.39 is 0 Å². The molecule has 0 spiro atoms. The molecule has 4 rings (SSSR count). The predicted molar refractivity (Wildman–Crippen MR) is 106 cm³/mol. The second kappa shape index (κ2) is 7.00. The van der Waals surface area contributed by atoms with Crippen LogP contribution in [0, 0.1) is 32.1 Å². The fourth-order valence-electron chi connectivity index (χ4n) is 3.14. The number of aryl methyl sites for hydroxylation is 3. The minimum Gasteiger partial charge on any atom is -0.438 e. The van der Waals surface area contributed by atoms with Crippen LogP contribution in [-0.2, 0) is 0 Å². The predicted octanol–water partition coefficient (Wildman–Crippen LogP) is 4.46. The summed E-state index contributed by atoms with van der Waals surface area (Å²) in [4.78, 5) is 8.64. The third-order valence-electron chi connectivity index (χ3n) is 4.33. The van der Waals surface area contributed by atoms with E-state index in [9.17, 15) is 0 Å². The molecule has 0 aliphatic heterocycles. The summed E-state index contributed by atoms with van der Waals surface area (Å²) in [6.07, 6.45) is 1.44. The number of nitrogens with zero attached hydrogens (tertiary/aromatic N) is 5. The Bertz CT molecular complexity index is 1180. The average Bonchev–Trinajstić information content (AvgIpc) is 3.14. The lowest BCUT2D eigenvalue weighted by Crippen LogP contribution is -2.03. The number of aromatic nitrogens is 4. The van der Waals surface area contributed by atoms with Gasteiger partial charge in [-0.1, -0.05) is 17.7 Å². The van der Waals surface area contributed by atoms with Crippen LogP contribution in [0.25, 0.3) is 5.78 Å². The third kappa shape index (κ3) is 3.35. The average molecular weight is 370 g/mol. The highest BCUT2D eigenvalue weighted by Gasteiger charge is 2.12. The van der Waals surface area contributed by atoms with Gasteiger partial charge in [0.1, 0.15) is 17.9 Å². The molecule has 28 heavy (non-hydrogen) atoms.